The van der Waals surface area contributed by atoms with E-state index in [1.165, 1.54) is 0 Å². The molecular weight excluding hydrogens is 369 g/mol. The van der Waals surface area contributed by atoms with Gasteiger partial charge in [0.15, 0.2) is 5.65 Å². The predicted molar refractivity (Wildman–Crippen MR) is 81.7 cm³/mol. The maximum atomic E-state index is 11.8. The Labute approximate surface area is 158 Å². The molecule has 0 fully saturated rings. The van der Waals surface area contributed by atoms with Gasteiger partial charge in [0.1, 0.15) is 6.61 Å². The summed E-state index contributed by atoms with van der Waals surface area (Å²) < 4.78 is 5.17. The molecule has 3 rings (SSSR count). The van der Waals surface area contributed by atoms with E-state index in [-0.39, 0.29) is 39.3 Å². The van der Waals surface area contributed by atoms with E-state index in [1.807, 2.05) is 42.5 Å². The molecule has 0 bridgehead atoms. The number of nitrogens with zero attached hydrogens (tertiary/aromatic N) is 2. The average Bonchev–Trinajstić information content (AvgIpc) is 2.98. The Morgan fingerprint density at radius 1 is 1.26 bits per heavy atom. The number of hydrogen-bond acceptors (Lipinski definition) is 4. The first-order chi connectivity index (χ1) is 10.7. The second-order valence-corrected chi connectivity index (χ2v) is 4.77. The summed E-state index contributed by atoms with van der Waals surface area (Å²) in [7, 11) is 0. The van der Waals surface area contributed by atoms with Gasteiger partial charge in [0.05, 0.1) is 5.52 Å². The molecule has 7 heteroatoms. The zero-order valence-electron chi connectivity index (χ0n) is 12.6. The minimum absolute atomic E-state index is 0. The van der Waals surface area contributed by atoms with Gasteiger partial charge in [0.2, 0.25) is 0 Å². The van der Waals surface area contributed by atoms with Gasteiger partial charge < -0.3 is 15.0 Å². The quantitative estimate of drug-likeness (QED) is 0.678. The van der Waals surface area contributed by atoms with Crippen LogP contribution in [0.3, 0.4) is 0 Å². The molecule has 0 unspecified atom stereocenters. The third-order valence-electron chi connectivity index (χ3n) is 3.11. The van der Waals surface area contributed by atoms with Crippen LogP contribution in [0.2, 0.25) is 0 Å². The number of pyridine rings is 1. The minimum Gasteiger partial charge on any atom is -0.446 e. The summed E-state index contributed by atoms with van der Waals surface area (Å²) in [6.07, 6.45) is 1.15. The van der Waals surface area contributed by atoms with Gasteiger partial charge in [0, 0.05) is 38.9 Å². The molecule has 0 spiro atoms. The standard InChI is InChI=1S/C16H15N4O2.Y/c1-11(14-19-13-8-5-9-17-15(13)20-14)18-16(21)22-10-12-6-3-2-4-7-12;/h2-9H,10H2,1H3,(H,18,21)(H,17,19,20);/q-1;. The zero-order valence-corrected chi connectivity index (χ0v) is 15.5. The normalized spacial score (nSPS) is 9.96. The molecule has 1 radical (unpaired) electrons. The molecular formula is C16H15N4O2Y-. The summed E-state index contributed by atoms with van der Waals surface area (Å²) in [6, 6.07) is 13.8. The minimum atomic E-state index is -0.519. The maximum absolute atomic E-state index is 11.8. The molecule has 2 heterocycles. The molecule has 2 N–H and O–H groups in total. The Hall–Kier alpha value is -1.92. The van der Waals surface area contributed by atoms with Crippen LogP contribution in [0.1, 0.15) is 18.3 Å². The summed E-state index contributed by atoms with van der Waals surface area (Å²) in [6.45, 7) is 1.98. The number of H-pyrrole nitrogens is 1. The van der Waals surface area contributed by atoms with Gasteiger partial charge in [-0.05, 0) is 23.5 Å². The first-order valence-corrected chi connectivity index (χ1v) is 6.85. The monoisotopic (exact) mass is 384 g/mol. The van der Waals surface area contributed by atoms with Crippen LogP contribution in [0.25, 0.3) is 11.2 Å². The molecule has 0 aliphatic heterocycles. The third-order valence-corrected chi connectivity index (χ3v) is 3.11. The van der Waals surface area contributed by atoms with E-state index in [9.17, 15) is 4.79 Å². The van der Waals surface area contributed by atoms with Crippen molar-refractivity contribution in [2.24, 2.45) is 0 Å². The fourth-order valence-electron chi connectivity index (χ4n) is 1.99. The van der Waals surface area contributed by atoms with Crippen molar-refractivity contribution < 1.29 is 42.2 Å². The molecule has 115 valence electrons. The Bertz CT molecular complexity index is 743. The van der Waals surface area contributed by atoms with Crippen molar-refractivity contribution in [1.82, 2.24) is 20.3 Å². The molecule has 0 atom stereocenters. The number of ether oxygens (including phenoxy) is 1. The van der Waals surface area contributed by atoms with Crippen molar-refractivity contribution in [3.05, 3.63) is 66.1 Å². The van der Waals surface area contributed by atoms with Crippen LogP contribution in [-0.4, -0.2) is 21.0 Å². The first-order valence-electron chi connectivity index (χ1n) is 6.85. The van der Waals surface area contributed by atoms with Crippen LogP contribution in [0.4, 0.5) is 4.79 Å². The smallest absolute Gasteiger partial charge is 0.381 e. The Morgan fingerprint density at radius 3 is 2.78 bits per heavy atom. The van der Waals surface area contributed by atoms with Crippen molar-refractivity contribution in [1.29, 1.82) is 0 Å². The Morgan fingerprint density at radius 2 is 2.04 bits per heavy atom. The van der Waals surface area contributed by atoms with Gasteiger partial charge in [-0.1, -0.05) is 30.3 Å². The van der Waals surface area contributed by atoms with Gasteiger partial charge in [-0.15, -0.1) is 0 Å². The number of fused-ring (bicyclic) bond motifs is 1. The summed E-state index contributed by atoms with van der Waals surface area (Å²) in [5, 5.41) is 2.66. The number of carbonyl (C=O) groups excluding carboxylic acids is 1. The summed E-state index contributed by atoms with van der Waals surface area (Å²) in [5.41, 5.74) is 2.36. The molecule has 0 aliphatic rings. The summed E-state index contributed by atoms with van der Waals surface area (Å²) in [4.78, 5) is 23.3. The van der Waals surface area contributed by atoms with Crippen molar-refractivity contribution in [2.75, 3.05) is 0 Å². The number of alkyl carbamates (subject to hydrolysis) is 1. The number of aromatic amines is 1. The fraction of sp³-hybridized carbons (Fsp3) is 0.125. The van der Waals surface area contributed by atoms with E-state index >= 15 is 0 Å². The van der Waals surface area contributed by atoms with Crippen molar-refractivity contribution in [3.63, 3.8) is 0 Å². The number of nitrogens with one attached hydrogen (secondary N) is 2. The molecule has 23 heavy (non-hydrogen) atoms. The molecule has 0 saturated carbocycles. The number of carbonyl (C=O) groups is 1. The van der Waals surface area contributed by atoms with Gasteiger partial charge in [-0.3, -0.25) is 0 Å². The van der Waals surface area contributed by atoms with Gasteiger partial charge >= 0.3 is 6.09 Å². The molecule has 0 aliphatic carbocycles. The second-order valence-electron chi connectivity index (χ2n) is 4.77. The van der Waals surface area contributed by atoms with E-state index in [0.29, 0.717) is 17.5 Å². The number of rotatable bonds is 4. The molecule has 1 aromatic carbocycles. The molecule has 1 amide bonds. The maximum Gasteiger partial charge on any atom is 0.381 e. The molecule has 3 aromatic rings. The van der Waals surface area contributed by atoms with Crippen LogP contribution < -0.4 is 5.32 Å². The number of benzene rings is 1. The number of hydrogen-bond donors (Lipinski definition) is 2. The van der Waals surface area contributed by atoms with Crippen LogP contribution in [0.5, 0.6) is 0 Å². The average molecular weight is 384 g/mol. The van der Waals surface area contributed by atoms with Gasteiger partial charge in [-0.25, -0.2) is 20.8 Å². The van der Waals surface area contributed by atoms with Crippen LogP contribution >= 0.6 is 0 Å². The summed E-state index contributed by atoms with van der Waals surface area (Å²) in [5.74, 6) is 0.561. The Kier molecular flexibility index (Phi) is 6.13. The largest absolute Gasteiger partial charge is 0.446 e. The topological polar surface area (TPSA) is 79.9 Å². The molecule has 6 nitrogen and oxygen atoms in total. The van der Waals surface area contributed by atoms with Crippen molar-refractivity contribution in [2.45, 2.75) is 13.5 Å². The third kappa shape index (κ3) is 4.53. The van der Waals surface area contributed by atoms with Crippen LogP contribution in [0.15, 0.2) is 48.7 Å². The van der Waals surface area contributed by atoms with E-state index in [1.54, 1.807) is 13.1 Å². The van der Waals surface area contributed by atoms with E-state index in [0.717, 1.165) is 11.1 Å². The van der Waals surface area contributed by atoms with Gasteiger partial charge in [-0.2, -0.15) is 6.92 Å². The fourth-order valence-corrected chi connectivity index (χ4v) is 1.99. The SMILES string of the molecule is C[C-](NC(=O)OCc1ccccc1)c1nc2ncccc2[nH]1.[Y]. The van der Waals surface area contributed by atoms with E-state index in [4.69, 9.17) is 4.74 Å². The summed E-state index contributed by atoms with van der Waals surface area (Å²) >= 11 is 0. The Balaban J connectivity index is 0.00000192. The van der Waals surface area contributed by atoms with Crippen LogP contribution in [-0.2, 0) is 44.1 Å². The van der Waals surface area contributed by atoms with E-state index in [2.05, 4.69) is 20.3 Å². The van der Waals surface area contributed by atoms with Crippen molar-refractivity contribution in [3.8, 4) is 0 Å². The molecule has 2 aromatic heterocycles. The van der Waals surface area contributed by atoms with E-state index < -0.39 is 6.09 Å². The predicted octanol–water partition coefficient (Wildman–Crippen LogP) is 2.78. The van der Waals surface area contributed by atoms with Crippen LogP contribution in [0, 0.1) is 6.04 Å². The zero-order chi connectivity index (χ0) is 15.4. The van der Waals surface area contributed by atoms with Crippen molar-refractivity contribution >= 4 is 17.3 Å². The molecule has 0 saturated heterocycles. The number of amides is 1. The number of imidazole rings is 1. The first kappa shape index (κ1) is 17.4. The number of aromatic nitrogens is 3. The van der Waals surface area contributed by atoms with Gasteiger partial charge in [0.25, 0.3) is 0 Å². The second kappa shape index (κ2) is 8.08.